The molecule has 0 spiro atoms. The van der Waals surface area contributed by atoms with Crippen LogP contribution in [0.1, 0.15) is 26.7 Å². The van der Waals surface area contributed by atoms with E-state index in [4.69, 9.17) is 0 Å². The maximum atomic E-state index is 9.51. The van der Waals surface area contributed by atoms with E-state index in [9.17, 15) is 5.11 Å². The first kappa shape index (κ1) is 7.35. The monoisotopic (exact) mass is 152 g/mol. The molecular formula is C10H16O. The minimum atomic E-state index is -0.202. The van der Waals surface area contributed by atoms with Crippen LogP contribution >= 0.6 is 0 Å². The lowest BCUT2D eigenvalue weighted by molar-refractivity contribution is -0.0705. The van der Waals surface area contributed by atoms with Gasteiger partial charge >= 0.3 is 0 Å². The summed E-state index contributed by atoms with van der Waals surface area (Å²) in [7, 11) is 0. The predicted molar refractivity (Wildman–Crippen MR) is 45.1 cm³/mol. The molecule has 3 aliphatic rings. The van der Waals surface area contributed by atoms with Crippen LogP contribution in [0.4, 0.5) is 0 Å². The lowest BCUT2D eigenvalue weighted by Crippen LogP contribution is -2.53. The van der Waals surface area contributed by atoms with E-state index in [-0.39, 0.29) is 6.10 Å². The van der Waals surface area contributed by atoms with Gasteiger partial charge in [0.1, 0.15) is 0 Å². The van der Waals surface area contributed by atoms with Crippen molar-refractivity contribution in [2.75, 3.05) is 0 Å². The fourth-order valence-corrected chi connectivity index (χ4v) is 2.70. The molecule has 0 aromatic heterocycles. The van der Waals surface area contributed by atoms with Crippen molar-refractivity contribution in [3.8, 4) is 0 Å². The molecule has 0 aromatic rings. The molecule has 3 rings (SSSR count). The first-order valence-corrected chi connectivity index (χ1v) is 4.40. The van der Waals surface area contributed by atoms with E-state index in [2.05, 4.69) is 20.4 Å². The minimum Gasteiger partial charge on any atom is -0.389 e. The van der Waals surface area contributed by atoms with Gasteiger partial charge < -0.3 is 5.11 Å². The third-order valence-electron chi connectivity index (χ3n) is 3.85. The Labute approximate surface area is 68.1 Å². The highest BCUT2D eigenvalue weighted by Crippen LogP contribution is 2.60. The van der Waals surface area contributed by atoms with Crippen molar-refractivity contribution in [3.63, 3.8) is 0 Å². The molecule has 1 nitrogen and oxygen atoms in total. The van der Waals surface area contributed by atoms with Gasteiger partial charge in [-0.25, -0.2) is 0 Å². The number of aliphatic hydroxyl groups excluding tert-OH is 1. The summed E-state index contributed by atoms with van der Waals surface area (Å²) in [4.78, 5) is 0. The summed E-state index contributed by atoms with van der Waals surface area (Å²) >= 11 is 0. The molecule has 11 heavy (non-hydrogen) atoms. The second-order valence-electron chi connectivity index (χ2n) is 4.63. The Morgan fingerprint density at radius 2 is 2.09 bits per heavy atom. The van der Waals surface area contributed by atoms with Gasteiger partial charge in [0.05, 0.1) is 6.10 Å². The molecule has 2 bridgehead atoms. The van der Waals surface area contributed by atoms with Crippen LogP contribution in [0.3, 0.4) is 0 Å². The lowest BCUT2D eigenvalue weighted by atomic mass is 9.47. The molecule has 0 aromatic carbocycles. The largest absolute Gasteiger partial charge is 0.389 e. The van der Waals surface area contributed by atoms with E-state index in [0.29, 0.717) is 11.3 Å². The molecule has 3 saturated carbocycles. The lowest BCUT2D eigenvalue weighted by Gasteiger charge is -2.59. The molecule has 62 valence electrons. The van der Waals surface area contributed by atoms with E-state index >= 15 is 0 Å². The van der Waals surface area contributed by atoms with Gasteiger partial charge in [0.25, 0.3) is 0 Å². The third kappa shape index (κ3) is 0.750. The smallest absolute Gasteiger partial charge is 0.0753 e. The highest BCUT2D eigenvalue weighted by Gasteiger charge is 2.54. The van der Waals surface area contributed by atoms with Gasteiger partial charge in [0.2, 0.25) is 0 Å². The van der Waals surface area contributed by atoms with Crippen molar-refractivity contribution < 1.29 is 5.11 Å². The predicted octanol–water partition coefficient (Wildman–Crippen LogP) is 1.97. The zero-order valence-corrected chi connectivity index (χ0v) is 7.30. The van der Waals surface area contributed by atoms with E-state index < -0.39 is 0 Å². The second-order valence-corrected chi connectivity index (χ2v) is 4.63. The van der Waals surface area contributed by atoms with Gasteiger partial charge in [-0.2, -0.15) is 0 Å². The van der Waals surface area contributed by atoms with Crippen LogP contribution in [0.25, 0.3) is 0 Å². The van der Waals surface area contributed by atoms with Crippen molar-refractivity contribution in [1.82, 2.24) is 0 Å². The molecule has 0 amide bonds. The molecule has 3 aliphatic carbocycles. The number of aliphatic hydroxyl groups is 1. The van der Waals surface area contributed by atoms with Crippen LogP contribution in [0.15, 0.2) is 12.2 Å². The van der Waals surface area contributed by atoms with Crippen LogP contribution in [0.5, 0.6) is 0 Å². The van der Waals surface area contributed by atoms with E-state index in [1.54, 1.807) is 0 Å². The summed E-state index contributed by atoms with van der Waals surface area (Å²) in [6.45, 7) is 8.55. The fourth-order valence-electron chi connectivity index (χ4n) is 2.70. The van der Waals surface area contributed by atoms with Crippen molar-refractivity contribution in [3.05, 3.63) is 12.2 Å². The highest BCUT2D eigenvalue weighted by molar-refractivity contribution is 5.22. The van der Waals surface area contributed by atoms with Gasteiger partial charge in [-0.05, 0) is 35.7 Å². The fraction of sp³-hybridized carbons (Fsp3) is 0.800. The number of rotatable bonds is 0. The molecule has 3 fully saturated rings. The van der Waals surface area contributed by atoms with E-state index in [0.717, 1.165) is 17.9 Å². The van der Waals surface area contributed by atoms with Crippen LogP contribution in [-0.4, -0.2) is 11.2 Å². The maximum Gasteiger partial charge on any atom is 0.0753 e. The quantitative estimate of drug-likeness (QED) is 0.526. The Kier molecular flexibility index (Phi) is 1.26. The summed E-state index contributed by atoms with van der Waals surface area (Å²) in [5.41, 5.74) is 1.51. The Morgan fingerprint density at radius 3 is 2.45 bits per heavy atom. The Hall–Kier alpha value is -0.300. The molecule has 0 saturated heterocycles. The first-order valence-electron chi connectivity index (χ1n) is 4.40. The number of hydrogen-bond donors (Lipinski definition) is 1. The second kappa shape index (κ2) is 1.89. The summed E-state index contributed by atoms with van der Waals surface area (Å²) in [6.07, 6.45) is 2.01. The molecule has 0 heterocycles. The van der Waals surface area contributed by atoms with Gasteiger partial charge in [-0.15, -0.1) is 0 Å². The van der Waals surface area contributed by atoms with Gasteiger partial charge in [-0.1, -0.05) is 20.4 Å². The molecule has 1 N–H and O–H groups in total. The third-order valence-corrected chi connectivity index (χ3v) is 3.85. The summed E-state index contributed by atoms with van der Waals surface area (Å²) < 4.78 is 0. The van der Waals surface area contributed by atoms with Crippen LogP contribution in [0, 0.1) is 17.3 Å². The molecule has 3 atom stereocenters. The van der Waals surface area contributed by atoms with Gasteiger partial charge in [0.15, 0.2) is 0 Å². The molecule has 0 unspecified atom stereocenters. The minimum absolute atomic E-state index is 0.202. The van der Waals surface area contributed by atoms with Gasteiger partial charge in [-0.3, -0.25) is 0 Å². The van der Waals surface area contributed by atoms with Crippen molar-refractivity contribution in [2.45, 2.75) is 32.8 Å². The Morgan fingerprint density at radius 1 is 1.45 bits per heavy atom. The number of hydrogen-bond acceptors (Lipinski definition) is 1. The molecule has 0 radical (unpaired) electrons. The topological polar surface area (TPSA) is 20.2 Å². The van der Waals surface area contributed by atoms with Gasteiger partial charge in [0, 0.05) is 0 Å². The average Bonchev–Trinajstić information content (AvgIpc) is 1.93. The summed E-state index contributed by atoms with van der Waals surface area (Å²) in [5, 5.41) is 9.51. The Balaban J connectivity index is 2.23. The van der Waals surface area contributed by atoms with Crippen LogP contribution in [0.2, 0.25) is 0 Å². The molecule has 0 aliphatic heterocycles. The highest BCUT2D eigenvalue weighted by atomic mass is 16.3. The maximum absolute atomic E-state index is 9.51. The van der Waals surface area contributed by atoms with Crippen LogP contribution in [-0.2, 0) is 0 Å². The zero-order chi connectivity index (χ0) is 8.22. The van der Waals surface area contributed by atoms with Crippen molar-refractivity contribution >= 4 is 0 Å². The normalized spacial score (nSPS) is 46.8. The van der Waals surface area contributed by atoms with E-state index in [1.165, 1.54) is 6.42 Å². The number of fused-ring (bicyclic) bond motifs is 2. The zero-order valence-electron chi connectivity index (χ0n) is 7.30. The van der Waals surface area contributed by atoms with E-state index in [1.807, 2.05) is 0 Å². The van der Waals surface area contributed by atoms with Crippen LogP contribution < -0.4 is 0 Å². The average molecular weight is 152 g/mol. The summed E-state index contributed by atoms with van der Waals surface area (Å²) in [6, 6.07) is 0. The standard InChI is InChI=1S/C10H16O/c1-6-8-4-7(5-9(6)11)10(8,2)3/h7-9,11H,1,4-5H2,2-3H3/t7-,8+,9-/m0/s1. The molecule has 1 heteroatoms. The SMILES string of the molecule is C=C1[C@H]2C[C@@H](C[C@@H]1O)C2(C)C. The van der Waals surface area contributed by atoms with Crippen molar-refractivity contribution in [1.29, 1.82) is 0 Å². The Bertz CT molecular complexity index is 205. The summed E-state index contributed by atoms with van der Waals surface area (Å²) in [5.74, 6) is 1.34. The first-order chi connectivity index (χ1) is 5.03. The van der Waals surface area contributed by atoms with Crippen molar-refractivity contribution in [2.24, 2.45) is 17.3 Å². The molecular weight excluding hydrogens is 136 g/mol.